The Kier molecular flexibility index (Phi) is 9.52. The van der Waals surface area contributed by atoms with Gasteiger partial charge in [0.15, 0.2) is 5.78 Å². The molecule has 0 saturated carbocycles. The topological polar surface area (TPSA) is 17.1 Å². The Morgan fingerprint density at radius 1 is 0.952 bits per heavy atom. The van der Waals surface area contributed by atoms with E-state index in [1.807, 2.05) is 56.3 Å². The Morgan fingerprint density at radius 2 is 1.48 bits per heavy atom. The number of rotatable bonds is 0. The summed E-state index contributed by atoms with van der Waals surface area (Å²) in [5.41, 5.74) is 4.28. The van der Waals surface area contributed by atoms with Gasteiger partial charge >= 0.3 is 0 Å². The van der Waals surface area contributed by atoms with Crippen molar-refractivity contribution in [1.29, 1.82) is 0 Å². The van der Waals surface area contributed by atoms with E-state index in [1.165, 1.54) is 5.56 Å². The Hall–Kier alpha value is -0.306. The van der Waals surface area contributed by atoms with Gasteiger partial charge in [0.05, 0.1) is 0 Å². The number of hydrogen-bond acceptors (Lipinski definition) is 1. The summed E-state index contributed by atoms with van der Waals surface area (Å²) in [5, 5.41) is 0. The molecule has 1 nitrogen and oxygen atoms in total. The third-order valence-electron chi connectivity index (χ3n) is 3.22. The molecule has 2 aromatic carbocycles. The second-order valence-electron chi connectivity index (χ2n) is 4.26. The maximum atomic E-state index is 12.4. The van der Waals surface area contributed by atoms with E-state index in [2.05, 4.69) is 22.0 Å². The van der Waals surface area contributed by atoms with Gasteiger partial charge in [-0.15, -0.1) is 0 Å². The average molecular weight is 421 g/mol. The molecule has 0 saturated heterocycles. The van der Waals surface area contributed by atoms with Crippen molar-refractivity contribution in [3.05, 3.63) is 78.2 Å². The first-order valence-electron chi connectivity index (χ1n) is 6.61. The van der Waals surface area contributed by atoms with E-state index in [9.17, 15) is 4.79 Å². The van der Waals surface area contributed by atoms with E-state index in [4.69, 9.17) is 0 Å². The first-order chi connectivity index (χ1) is 9.27. The van der Waals surface area contributed by atoms with Crippen LogP contribution >= 0.6 is 15.9 Å². The molecule has 0 aromatic heterocycles. The average Bonchev–Trinajstić information content (AvgIpc) is 2.58. The van der Waals surface area contributed by atoms with E-state index in [1.54, 1.807) is 0 Å². The van der Waals surface area contributed by atoms with Crippen LogP contribution in [0, 0.1) is 7.43 Å². The van der Waals surface area contributed by atoms with Crippen LogP contribution in [0.1, 0.15) is 45.7 Å². The summed E-state index contributed by atoms with van der Waals surface area (Å²) in [6.45, 7) is 4.00. The van der Waals surface area contributed by atoms with Crippen LogP contribution in [-0.4, -0.2) is 5.78 Å². The largest absolute Gasteiger partial charge is 0.358 e. The molecule has 21 heavy (non-hydrogen) atoms. The van der Waals surface area contributed by atoms with Gasteiger partial charge in [0.2, 0.25) is 0 Å². The fourth-order valence-electron chi connectivity index (χ4n) is 2.34. The number of hydrogen-bond donors (Lipinski definition) is 0. The Labute approximate surface area is 161 Å². The summed E-state index contributed by atoms with van der Waals surface area (Å²) < 4.78 is 0. The fourth-order valence-corrected chi connectivity index (χ4v) is 3.03. The van der Waals surface area contributed by atoms with E-state index in [0.717, 1.165) is 23.1 Å². The van der Waals surface area contributed by atoms with Crippen molar-refractivity contribution >= 4 is 21.7 Å². The Morgan fingerprint density at radius 3 is 2.14 bits per heavy atom. The van der Waals surface area contributed by atoms with Gasteiger partial charge in [-0.1, -0.05) is 78.3 Å². The van der Waals surface area contributed by atoms with Gasteiger partial charge in [-0.05, 0) is 23.1 Å². The van der Waals surface area contributed by atoms with Gasteiger partial charge in [0.1, 0.15) is 4.83 Å². The molecule has 109 valence electrons. The number of Topliss-reactive ketones (excluding diaryl/α,β-unsaturated/α-hetero) is 1. The van der Waals surface area contributed by atoms with Gasteiger partial charge in [0, 0.05) is 38.3 Å². The van der Waals surface area contributed by atoms with Crippen molar-refractivity contribution in [2.24, 2.45) is 0 Å². The Balaban J connectivity index is 0.000000961. The standard InChI is InChI=1S/C15H11BrO.C2H6.CH3.Y/c16-14-12-7-3-1-5-10(12)9-11-6-2-4-8-13(11)15(14)17;1-2;;/h1-8,14H,9H2;1-2H3;1H3;/q;;-1;. The number of halogens is 1. The summed E-state index contributed by atoms with van der Waals surface area (Å²) in [4.78, 5) is 12.1. The number of carbonyl (C=O) groups is 1. The van der Waals surface area contributed by atoms with Crippen LogP contribution in [0.5, 0.6) is 0 Å². The van der Waals surface area contributed by atoms with Crippen LogP contribution in [0.25, 0.3) is 0 Å². The number of fused-ring (bicyclic) bond motifs is 2. The zero-order valence-electron chi connectivity index (χ0n) is 12.8. The number of alkyl halides is 1. The van der Waals surface area contributed by atoms with Crippen molar-refractivity contribution in [2.75, 3.05) is 0 Å². The molecule has 2 aromatic rings. The number of benzene rings is 2. The maximum absolute atomic E-state index is 12.4. The van der Waals surface area contributed by atoms with Crippen LogP contribution in [0.3, 0.4) is 0 Å². The van der Waals surface area contributed by atoms with Crippen LogP contribution in [0.4, 0.5) is 0 Å². The van der Waals surface area contributed by atoms with Crippen molar-refractivity contribution in [2.45, 2.75) is 25.1 Å². The quantitative estimate of drug-likeness (QED) is 0.412. The predicted octanol–water partition coefficient (Wildman–Crippen LogP) is 5.38. The molecule has 0 bridgehead atoms. The molecule has 0 amide bonds. The van der Waals surface area contributed by atoms with Crippen LogP contribution < -0.4 is 0 Å². The molecule has 0 aliphatic heterocycles. The van der Waals surface area contributed by atoms with Gasteiger partial charge in [-0.25, -0.2) is 0 Å². The zero-order valence-corrected chi connectivity index (χ0v) is 17.2. The molecular formula is C18H20BrOY-. The molecule has 1 atom stereocenters. The molecular weight excluding hydrogens is 401 g/mol. The number of ketones is 1. The van der Waals surface area contributed by atoms with Crippen LogP contribution in [0.15, 0.2) is 48.5 Å². The molecule has 1 unspecified atom stereocenters. The van der Waals surface area contributed by atoms with Crippen molar-refractivity contribution < 1.29 is 37.5 Å². The fraction of sp³-hybridized carbons (Fsp3) is 0.222. The molecule has 1 aliphatic rings. The van der Waals surface area contributed by atoms with E-state index in [-0.39, 0.29) is 50.7 Å². The first-order valence-corrected chi connectivity index (χ1v) is 7.53. The Bertz CT molecular complexity index is 595. The molecule has 3 rings (SSSR count). The minimum absolute atomic E-state index is 0. The summed E-state index contributed by atoms with van der Waals surface area (Å²) >= 11 is 3.52. The van der Waals surface area contributed by atoms with E-state index >= 15 is 0 Å². The van der Waals surface area contributed by atoms with Gasteiger partial charge in [0.25, 0.3) is 0 Å². The van der Waals surface area contributed by atoms with Crippen LogP contribution in [0.2, 0.25) is 0 Å². The summed E-state index contributed by atoms with van der Waals surface area (Å²) in [5.74, 6) is 0.158. The molecule has 0 heterocycles. The monoisotopic (exact) mass is 420 g/mol. The van der Waals surface area contributed by atoms with E-state index < -0.39 is 0 Å². The zero-order chi connectivity index (χ0) is 13.8. The molecule has 1 aliphatic carbocycles. The van der Waals surface area contributed by atoms with Gasteiger partial charge in [-0.2, -0.15) is 0 Å². The second kappa shape index (κ2) is 9.66. The summed E-state index contributed by atoms with van der Waals surface area (Å²) in [6.07, 6.45) is 0.834. The predicted molar refractivity (Wildman–Crippen MR) is 89.5 cm³/mol. The van der Waals surface area contributed by atoms with Crippen molar-refractivity contribution in [3.8, 4) is 0 Å². The first kappa shape index (κ1) is 20.7. The molecule has 3 heteroatoms. The van der Waals surface area contributed by atoms with Crippen LogP contribution in [-0.2, 0) is 39.1 Å². The van der Waals surface area contributed by atoms with E-state index in [0.29, 0.717) is 0 Å². The molecule has 0 spiro atoms. The normalized spacial score (nSPS) is 15.0. The SMILES string of the molecule is CC.O=C1c2ccccc2Cc2ccccc2C1Br.[CH3-].[Y]. The summed E-state index contributed by atoms with van der Waals surface area (Å²) in [6, 6.07) is 16.0. The second-order valence-corrected chi connectivity index (χ2v) is 5.18. The maximum Gasteiger partial charge on any atom is 0.181 e. The smallest absolute Gasteiger partial charge is 0.181 e. The third kappa shape index (κ3) is 4.34. The molecule has 0 N–H and O–H groups in total. The molecule has 1 radical (unpaired) electrons. The summed E-state index contributed by atoms with van der Waals surface area (Å²) in [7, 11) is 0. The van der Waals surface area contributed by atoms with Crippen molar-refractivity contribution in [3.63, 3.8) is 0 Å². The third-order valence-corrected chi connectivity index (χ3v) is 4.13. The van der Waals surface area contributed by atoms with Gasteiger partial charge in [-0.3, -0.25) is 4.79 Å². The van der Waals surface area contributed by atoms with Crippen molar-refractivity contribution in [1.82, 2.24) is 0 Å². The van der Waals surface area contributed by atoms with Gasteiger partial charge < -0.3 is 7.43 Å². The molecule has 0 fully saturated rings. The minimum Gasteiger partial charge on any atom is -0.358 e. The number of carbonyl (C=O) groups excluding carboxylic acids is 1. The minimum atomic E-state index is -0.220.